The summed E-state index contributed by atoms with van der Waals surface area (Å²) < 4.78 is 0.823. The first-order valence-electron chi connectivity index (χ1n) is 5.54. The second-order valence-corrected chi connectivity index (χ2v) is 5.88. The lowest BCUT2D eigenvalue weighted by Gasteiger charge is -2.08. The van der Waals surface area contributed by atoms with Gasteiger partial charge in [-0.05, 0) is 24.3 Å². The molecule has 0 aliphatic carbocycles. The van der Waals surface area contributed by atoms with Crippen molar-refractivity contribution in [2.45, 2.75) is 9.79 Å². The molecule has 2 aromatic rings. The molecule has 5 nitrogen and oxygen atoms in total. The Bertz CT molecular complexity index is 691. The molecule has 3 N–H and O–H groups in total. The Kier molecular flexibility index (Phi) is 4.41. The number of rotatable bonds is 4. The molecule has 0 spiro atoms. The normalized spacial score (nSPS) is 10.2. The number of halogens is 1. The van der Waals surface area contributed by atoms with Gasteiger partial charge in [-0.25, -0.2) is 0 Å². The summed E-state index contributed by atoms with van der Waals surface area (Å²) in [6.45, 7) is 0. The van der Waals surface area contributed by atoms with E-state index in [4.69, 9.17) is 11.1 Å². The first-order valence-corrected chi connectivity index (χ1v) is 7.15. The van der Waals surface area contributed by atoms with Crippen LogP contribution in [0.1, 0.15) is 5.56 Å². The third-order valence-corrected chi connectivity index (χ3v) is 4.13. The average Bonchev–Trinajstić information content (AvgIpc) is 2.38. The smallest absolute Gasteiger partial charge is 0.283 e. The van der Waals surface area contributed by atoms with E-state index in [1.54, 1.807) is 36.4 Å². The van der Waals surface area contributed by atoms with Crippen LogP contribution in [0, 0.1) is 15.5 Å². The van der Waals surface area contributed by atoms with Gasteiger partial charge in [0.05, 0.1) is 9.82 Å². The number of nitrogens with one attached hydrogen (secondary N) is 1. The van der Waals surface area contributed by atoms with Crippen molar-refractivity contribution in [3.63, 3.8) is 0 Å². The van der Waals surface area contributed by atoms with Crippen molar-refractivity contribution in [1.82, 2.24) is 0 Å². The molecule has 0 aliphatic heterocycles. The number of amidine groups is 1. The Morgan fingerprint density at radius 2 is 1.95 bits per heavy atom. The molecule has 0 fully saturated rings. The van der Waals surface area contributed by atoms with E-state index in [1.807, 2.05) is 0 Å². The monoisotopic (exact) mass is 351 g/mol. The van der Waals surface area contributed by atoms with Gasteiger partial charge in [0.1, 0.15) is 5.84 Å². The molecule has 2 rings (SSSR count). The number of hydrogen-bond acceptors (Lipinski definition) is 4. The lowest BCUT2D eigenvalue weighted by atomic mass is 10.2. The molecule has 0 bridgehead atoms. The molecule has 0 aromatic heterocycles. The quantitative estimate of drug-likeness (QED) is 0.379. The minimum Gasteiger partial charge on any atom is -0.384 e. The summed E-state index contributed by atoms with van der Waals surface area (Å²) in [5, 5.41) is 18.6. The van der Waals surface area contributed by atoms with Crippen LogP contribution in [0.3, 0.4) is 0 Å². The average molecular weight is 352 g/mol. The number of hydrogen-bond donors (Lipinski definition) is 2. The van der Waals surface area contributed by atoms with Crippen molar-refractivity contribution < 1.29 is 4.92 Å². The van der Waals surface area contributed by atoms with E-state index in [0.29, 0.717) is 15.4 Å². The topological polar surface area (TPSA) is 93.0 Å². The zero-order valence-electron chi connectivity index (χ0n) is 10.2. The Balaban J connectivity index is 2.47. The summed E-state index contributed by atoms with van der Waals surface area (Å²) in [7, 11) is 0. The number of nitro benzene ring substituents is 1. The number of para-hydroxylation sites is 1. The first-order chi connectivity index (χ1) is 9.49. The van der Waals surface area contributed by atoms with Crippen molar-refractivity contribution in [3.05, 3.63) is 62.6 Å². The van der Waals surface area contributed by atoms with E-state index >= 15 is 0 Å². The van der Waals surface area contributed by atoms with Crippen LogP contribution < -0.4 is 5.73 Å². The number of benzene rings is 2. The Hall–Kier alpha value is -1.86. The van der Waals surface area contributed by atoms with Gasteiger partial charge in [-0.3, -0.25) is 15.5 Å². The van der Waals surface area contributed by atoms with Crippen LogP contribution in [0.15, 0.2) is 56.7 Å². The molecule has 0 amide bonds. The molecule has 0 atom stereocenters. The molecule has 0 saturated carbocycles. The molecule has 7 heteroatoms. The Labute approximate surface area is 128 Å². The lowest BCUT2D eigenvalue weighted by Crippen LogP contribution is -2.12. The number of nitrogens with zero attached hydrogens (tertiary/aromatic N) is 1. The maximum atomic E-state index is 11.0. The fourth-order valence-corrected chi connectivity index (χ4v) is 3.23. The van der Waals surface area contributed by atoms with Crippen molar-refractivity contribution >= 4 is 39.2 Å². The molecule has 0 saturated heterocycles. The first kappa shape index (κ1) is 14.5. The molecule has 0 heterocycles. The van der Waals surface area contributed by atoms with Gasteiger partial charge >= 0.3 is 0 Å². The van der Waals surface area contributed by atoms with Gasteiger partial charge in [0.2, 0.25) is 0 Å². The van der Waals surface area contributed by atoms with Crippen molar-refractivity contribution in [2.75, 3.05) is 0 Å². The van der Waals surface area contributed by atoms with Gasteiger partial charge in [0, 0.05) is 21.0 Å². The van der Waals surface area contributed by atoms with Crippen LogP contribution in [0.5, 0.6) is 0 Å². The van der Waals surface area contributed by atoms with Gasteiger partial charge in [0.15, 0.2) is 0 Å². The van der Waals surface area contributed by atoms with Gasteiger partial charge < -0.3 is 5.73 Å². The minimum absolute atomic E-state index is 0.0342. The highest BCUT2D eigenvalue weighted by atomic mass is 79.9. The molecule has 2 aromatic carbocycles. The highest BCUT2D eigenvalue weighted by Gasteiger charge is 2.16. The maximum absolute atomic E-state index is 11.0. The summed E-state index contributed by atoms with van der Waals surface area (Å²) in [5.41, 5.74) is 6.12. The zero-order chi connectivity index (χ0) is 14.7. The number of nitro groups is 1. The summed E-state index contributed by atoms with van der Waals surface area (Å²) in [6, 6.07) is 11.8. The van der Waals surface area contributed by atoms with Gasteiger partial charge in [-0.15, -0.1) is 0 Å². The highest BCUT2D eigenvalue weighted by Crippen LogP contribution is 2.37. The van der Waals surface area contributed by atoms with E-state index in [1.165, 1.54) is 17.8 Å². The lowest BCUT2D eigenvalue weighted by molar-refractivity contribution is -0.387. The molecular formula is C13H10BrN3O2S. The van der Waals surface area contributed by atoms with Crippen LogP contribution in [-0.4, -0.2) is 10.8 Å². The van der Waals surface area contributed by atoms with Gasteiger partial charge in [-0.1, -0.05) is 39.8 Å². The van der Waals surface area contributed by atoms with E-state index in [0.717, 1.165) is 4.47 Å². The van der Waals surface area contributed by atoms with Crippen LogP contribution in [-0.2, 0) is 0 Å². The summed E-state index contributed by atoms with van der Waals surface area (Å²) in [5.74, 6) is -0.0708. The molecular weight excluding hydrogens is 342 g/mol. The standard InChI is InChI=1S/C13H10BrN3O2S/c14-8-5-6-9(13(15)16)12(7-8)20-11-4-2-1-3-10(11)17(18)19/h1-7H,(H3,15,16). The fraction of sp³-hybridized carbons (Fsp3) is 0. The molecule has 20 heavy (non-hydrogen) atoms. The molecule has 0 unspecified atom stereocenters. The van der Waals surface area contributed by atoms with Gasteiger partial charge in [0.25, 0.3) is 5.69 Å². The maximum Gasteiger partial charge on any atom is 0.283 e. The predicted octanol–water partition coefficient (Wildman–Crippen LogP) is 3.79. The number of nitrogens with two attached hydrogens (primary N) is 1. The largest absolute Gasteiger partial charge is 0.384 e. The Morgan fingerprint density at radius 3 is 2.60 bits per heavy atom. The van der Waals surface area contributed by atoms with E-state index in [2.05, 4.69) is 15.9 Å². The van der Waals surface area contributed by atoms with Crippen molar-refractivity contribution in [1.29, 1.82) is 5.41 Å². The van der Waals surface area contributed by atoms with Crippen LogP contribution >= 0.6 is 27.7 Å². The minimum atomic E-state index is -0.423. The van der Waals surface area contributed by atoms with E-state index in [-0.39, 0.29) is 11.5 Å². The third-order valence-electron chi connectivity index (χ3n) is 2.52. The van der Waals surface area contributed by atoms with Crippen LogP contribution in [0.25, 0.3) is 0 Å². The molecule has 0 aliphatic rings. The zero-order valence-corrected chi connectivity index (χ0v) is 12.6. The van der Waals surface area contributed by atoms with Gasteiger partial charge in [-0.2, -0.15) is 0 Å². The fourth-order valence-electron chi connectivity index (χ4n) is 1.62. The van der Waals surface area contributed by atoms with Crippen molar-refractivity contribution in [2.24, 2.45) is 5.73 Å². The van der Waals surface area contributed by atoms with Crippen molar-refractivity contribution in [3.8, 4) is 0 Å². The van der Waals surface area contributed by atoms with E-state index < -0.39 is 4.92 Å². The second-order valence-electron chi connectivity index (χ2n) is 3.88. The molecule has 0 radical (unpaired) electrons. The summed E-state index contributed by atoms with van der Waals surface area (Å²) in [6.07, 6.45) is 0. The summed E-state index contributed by atoms with van der Waals surface area (Å²) in [4.78, 5) is 11.8. The van der Waals surface area contributed by atoms with E-state index in [9.17, 15) is 10.1 Å². The third kappa shape index (κ3) is 3.17. The highest BCUT2D eigenvalue weighted by molar-refractivity contribution is 9.10. The molecule has 102 valence electrons. The summed E-state index contributed by atoms with van der Waals surface area (Å²) >= 11 is 4.57. The second kappa shape index (κ2) is 6.06. The number of nitrogen functional groups attached to an aromatic ring is 1. The predicted molar refractivity (Wildman–Crippen MR) is 82.4 cm³/mol. The SMILES string of the molecule is N=C(N)c1ccc(Br)cc1Sc1ccccc1[N+](=O)[O-]. The Morgan fingerprint density at radius 1 is 1.25 bits per heavy atom. The van der Waals surface area contributed by atoms with Crippen LogP contribution in [0.4, 0.5) is 5.69 Å². The van der Waals surface area contributed by atoms with Crippen LogP contribution in [0.2, 0.25) is 0 Å².